The molecule has 0 aliphatic heterocycles. The first-order valence-electron chi connectivity index (χ1n) is 11.2. The molecule has 4 rings (SSSR count). The number of hydrogen-bond donors (Lipinski definition) is 0. The van der Waals surface area contributed by atoms with Crippen molar-refractivity contribution in [3.05, 3.63) is 101 Å². The van der Waals surface area contributed by atoms with Gasteiger partial charge in [0.2, 0.25) is 0 Å². The van der Waals surface area contributed by atoms with E-state index in [1.165, 1.54) is 16.1 Å². The lowest BCUT2D eigenvalue weighted by atomic mass is 10.0. The molecule has 178 valence electrons. The van der Waals surface area contributed by atoms with Gasteiger partial charge in [-0.25, -0.2) is 12.4 Å². The third-order valence-corrected chi connectivity index (χ3v) is 7.64. The Kier molecular flexibility index (Phi) is 6.58. The summed E-state index contributed by atoms with van der Waals surface area (Å²) in [7, 11) is -4.03. The molecule has 4 aromatic rings. The lowest BCUT2D eigenvalue weighted by molar-refractivity contribution is -0.137. The molecule has 0 aliphatic rings. The first-order valence-corrected chi connectivity index (χ1v) is 12.6. The minimum atomic E-state index is -4.51. The predicted octanol–water partition coefficient (Wildman–Crippen LogP) is 7.08. The lowest BCUT2D eigenvalue weighted by Crippen LogP contribution is -2.16. The average Bonchev–Trinajstić information content (AvgIpc) is 3.16. The second-order valence-corrected chi connectivity index (χ2v) is 10.7. The van der Waals surface area contributed by atoms with Crippen molar-refractivity contribution < 1.29 is 21.6 Å². The van der Waals surface area contributed by atoms with Gasteiger partial charge in [-0.05, 0) is 66.3 Å². The maximum absolute atomic E-state index is 13.7. The predicted molar refractivity (Wildman–Crippen MR) is 128 cm³/mol. The third kappa shape index (κ3) is 5.04. The fourth-order valence-corrected chi connectivity index (χ4v) is 5.57. The van der Waals surface area contributed by atoms with Crippen molar-refractivity contribution in [3.63, 3.8) is 0 Å². The summed E-state index contributed by atoms with van der Waals surface area (Å²) in [6, 6.07) is 20.7. The Bertz CT molecular complexity index is 1390. The van der Waals surface area contributed by atoms with Gasteiger partial charge in [-0.3, -0.25) is 0 Å². The summed E-state index contributed by atoms with van der Waals surface area (Å²) in [5, 5.41) is 0.234. The summed E-state index contributed by atoms with van der Waals surface area (Å²) in [6.45, 7) is 4.27. The Morgan fingerprint density at radius 1 is 0.853 bits per heavy atom. The monoisotopic (exact) mass is 485 g/mol. The standard InChI is InChI=1S/C27H26F3NO2S/c1-19(2)8-9-20-10-13-25(14-11-20)34(32,33)31-24(16-21-6-4-3-5-7-21)18-22-17-23(27(28,29)30)12-15-26(22)31/h3-7,10-15,17-19H,8-9,16H2,1-2H3. The van der Waals surface area contributed by atoms with Crippen LogP contribution in [0.5, 0.6) is 0 Å². The number of aromatic nitrogens is 1. The van der Waals surface area contributed by atoms with Crippen LogP contribution in [0.25, 0.3) is 10.9 Å². The largest absolute Gasteiger partial charge is 0.416 e. The van der Waals surface area contributed by atoms with Crippen LogP contribution in [-0.4, -0.2) is 12.4 Å². The molecule has 7 heteroatoms. The van der Waals surface area contributed by atoms with Crippen molar-refractivity contribution in [2.75, 3.05) is 0 Å². The topological polar surface area (TPSA) is 39.1 Å². The van der Waals surface area contributed by atoms with Crippen molar-refractivity contribution in [2.24, 2.45) is 5.92 Å². The normalized spacial score (nSPS) is 12.5. The maximum Gasteiger partial charge on any atom is 0.416 e. The van der Waals surface area contributed by atoms with Crippen molar-refractivity contribution in [1.29, 1.82) is 0 Å². The number of benzene rings is 3. The van der Waals surface area contributed by atoms with E-state index in [0.717, 1.165) is 36.1 Å². The van der Waals surface area contributed by atoms with Gasteiger partial charge in [0.15, 0.2) is 0 Å². The summed E-state index contributed by atoms with van der Waals surface area (Å²) >= 11 is 0. The summed E-state index contributed by atoms with van der Waals surface area (Å²) < 4.78 is 68.5. The van der Waals surface area contributed by atoms with Crippen LogP contribution < -0.4 is 0 Å². The molecule has 34 heavy (non-hydrogen) atoms. The summed E-state index contributed by atoms with van der Waals surface area (Å²) in [4.78, 5) is 0.104. The van der Waals surface area contributed by atoms with Gasteiger partial charge in [0.05, 0.1) is 16.0 Å². The van der Waals surface area contributed by atoms with Gasteiger partial charge in [0, 0.05) is 17.5 Å². The lowest BCUT2D eigenvalue weighted by Gasteiger charge is -2.13. The first-order chi connectivity index (χ1) is 16.1. The highest BCUT2D eigenvalue weighted by Gasteiger charge is 2.32. The number of rotatable bonds is 7. The Hall–Kier alpha value is -3.06. The van der Waals surface area contributed by atoms with Gasteiger partial charge in [-0.1, -0.05) is 56.3 Å². The number of hydrogen-bond acceptors (Lipinski definition) is 2. The van der Waals surface area contributed by atoms with Crippen LogP contribution >= 0.6 is 0 Å². The molecule has 0 saturated carbocycles. The smallest absolute Gasteiger partial charge is 0.238 e. The van der Waals surface area contributed by atoms with Crippen LogP contribution in [0.3, 0.4) is 0 Å². The molecule has 0 fully saturated rings. The third-order valence-electron chi connectivity index (χ3n) is 5.86. The Morgan fingerprint density at radius 2 is 1.53 bits per heavy atom. The first kappa shape index (κ1) is 24.1. The molecule has 0 saturated heterocycles. The van der Waals surface area contributed by atoms with Crippen LogP contribution in [0.2, 0.25) is 0 Å². The average molecular weight is 486 g/mol. The summed E-state index contributed by atoms with van der Waals surface area (Å²) in [6.07, 6.45) is -2.40. The molecule has 0 atom stereocenters. The van der Waals surface area contributed by atoms with E-state index in [-0.39, 0.29) is 22.2 Å². The Balaban J connectivity index is 1.82. The van der Waals surface area contributed by atoms with E-state index >= 15 is 0 Å². The highest BCUT2D eigenvalue weighted by molar-refractivity contribution is 7.90. The molecule has 0 radical (unpaired) electrons. The highest BCUT2D eigenvalue weighted by Crippen LogP contribution is 2.34. The van der Waals surface area contributed by atoms with E-state index in [0.29, 0.717) is 11.6 Å². The molecule has 3 aromatic carbocycles. The number of aryl methyl sites for hydroxylation is 1. The zero-order valence-corrected chi connectivity index (χ0v) is 19.8. The number of fused-ring (bicyclic) bond motifs is 1. The minimum absolute atomic E-state index is 0.104. The molecule has 3 nitrogen and oxygen atoms in total. The van der Waals surface area contributed by atoms with E-state index < -0.39 is 21.8 Å². The van der Waals surface area contributed by atoms with Crippen molar-refractivity contribution in [3.8, 4) is 0 Å². The Morgan fingerprint density at radius 3 is 2.15 bits per heavy atom. The van der Waals surface area contributed by atoms with Gasteiger partial charge >= 0.3 is 6.18 Å². The SMILES string of the molecule is CC(C)CCc1ccc(S(=O)(=O)n2c(Cc3ccccc3)cc3cc(C(F)(F)F)ccc32)cc1. The van der Waals surface area contributed by atoms with E-state index in [1.54, 1.807) is 24.3 Å². The van der Waals surface area contributed by atoms with Crippen LogP contribution in [0, 0.1) is 5.92 Å². The fourth-order valence-electron chi connectivity index (χ4n) is 4.02. The quantitative estimate of drug-likeness (QED) is 0.281. The van der Waals surface area contributed by atoms with Crippen molar-refractivity contribution in [2.45, 2.75) is 44.2 Å². The fraction of sp³-hybridized carbons (Fsp3) is 0.259. The van der Waals surface area contributed by atoms with E-state index in [1.807, 2.05) is 30.3 Å². The van der Waals surface area contributed by atoms with Crippen molar-refractivity contribution in [1.82, 2.24) is 3.97 Å². The molecule has 1 heterocycles. The van der Waals surface area contributed by atoms with Gasteiger partial charge in [-0.15, -0.1) is 0 Å². The molecular formula is C27H26F3NO2S. The maximum atomic E-state index is 13.7. The highest BCUT2D eigenvalue weighted by atomic mass is 32.2. The van der Waals surface area contributed by atoms with Gasteiger partial charge in [-0.2, -0.15) is 13.2 Å². The zero-order valence-electron chi connectivity index (χ0n) is 19.0. The second-order valence-electron chi connectivity index (χ2n) is 8.92. The van der Waals surface area contributed by atoms with E-state index in [2.05, 4.69) is 13.8 Å². The summed E-state index contributed by atoms with van der Waals surface area (Å²) in [5.74, 6) is 0.539. The molecule has 0 spiro atoms. The van der Waals surface area contributed by atoms with E-state index in [9.17, 15) is 21.6 Å². The van der Waals surface area contributed by atoms with Gasteiger partial charge < -0.3 is 0 Å². The number of alkyl halides is 3. The zero-order chi connectivity index (χ0) is 24.5. The van der Waals surface area contributed by atoms with Crippen LogP contribution in [0.4, 0.5) is 13.2 Å². The van der Waals surface area contributed by atoms with Crippen LogP contribution in [0.15, 0.2) is 83.8 Å². The minimum Gasteiger partial charge on any atom is -0.238 e. The molecule has 0 amide bonds. The molecule has 0 aliphatic carbocycles. The van der Waals surface area contributed by atoms with Crippen LogP contribution in [-0.2, 0) is 29.0 Å². The number of nitrogens with zero attached hydrogens (tertiary/aromatic N) is 1. The second kappa shape index (κ2) is 9.29. The molecule has 1 aromatic heterocycles. The van der Waals surface area contributed by atoms with Crippen molar-refractivity contribution >= 4 is 20.9 Å². The molecule has 0 bridgehead atoms. The van der Waals surface area contributed by atoms with Gasteiger partial charge in [0.1, 0.15) is 0 Å². The van der Waals surface area contributed by atoms with Crippen LogP contribution in [0.1, 0.15) is 42.7 Å². The van der Waals surface area contributed by atoms with E-state index in [4.69, 9.17) is 0 Å². The summed E-state index contributed by atoms with van der Waals surface area (Å²) in [5.41, 5.74) is 1.73. The van der Waals surface area contributed by atoms with Gasteiger partial charge in [0.25, 0.3) is 10.0 Å². The molecule has 0 unspecified atom stereocenters. The molecular weight excluding hydrogens is 459 g/mol. The number of halogens is 3. The molecule has 0 N–H and O–H groups in total. The Labute approximate surface area is 197 Å².